The molecule has 0 atom stereocenters. The average molecular weight is 382 g/mol. The number of aryl methyl sites for hydroxylation is 1. The Balaban J connectivity index is 1.46. The largest absolute Gasteiger partial charge is 0.481 e. The zero-order valence-electron chi connectivity index (χ0n) is 16.8. The van der Waals surface area contributed by atoms with Crippen molar-refractivity contribution in [3.63, 3.8) is 0 Å². The minimum atomic E-state index is -0.674. The van der Waals surface area contributed by atoms with Gasteiger partial charge in [-0.25, -0.2) is 4.98 Å². The van der Waals surface area contributed by atoms with Crippen LogP contribution in [0.5, 0.6) is 0 Å². The third kappa shape index (κ3) is 4.30. The second kappa shape index (κ2) is 8.48. The van der Waals surface area contributed by atoms with Crippen LogP contribution < -0.4 is 5.32 Å². The first-order valence-electron chi connectivity index (χ1n) is 10.7. The van der Waals surface area contributed by atoms with Gasteiger partial charge in [0.1, 0.15) is 5.82 Å². The van der Waals surface area contributed by atoms with Gasteiger partial charge in [0.05, 0.1) is 5.69 Å². The minimum absolute atomic E-state index is 0.301. The number of rotatable bonds is 5. The van der Waals surface area contributed by atoms with Gasteiger partial charge in [-0.05, 0) is 81.1 Å². The highest BCUT2D eigenvalue weighted by molar-refractivity contribution is 5.66. The van der Waals surface area contributed by atoms with Gasteiger partial charge in [0.2, 0.25) is 0 Å². The summed E-state index contributed by atoms with van der Waals surface area (Å²) in [6, 6.07) is 6.83. The van der Waals surface area contributed by atoms with Gasteiger partial charge in [-0.3, -0.25) is 4.79 Å². The van der Waals surface area contributed by atoms with Crippen molar-refractivity contribution in [3.8, 4) is 11.3 Å². The van der Waals surface area contributed by atoms with Crippen LogP contribution in [0.15, 0.2) is 24.4 Å². The molecule has 2 aromatic rings. The van der Waals surface area contributed by atoms with E-state index in [1.165, 1.54) is 22.5 Å². The van der Waals surface area contributed by atoms with E-state index in [4.69, 9.17) is 10.1 Å². The Hall–Kier alpha value is -2.14. The molecule has 2 aliphatic rings. The fourth-order valence-corrected chi connectivity index (χ4v) is 4.87. The molecule has 2 heterocycles. The molecule has 5 nitrogen and oxygen atoms in total. The molecule has 0 saturated heterocycles. The Kier molecular flexibility index (Phi) is 5.81. The van der Waals surface area contributed by atoms with E-state index in [9.17, 15) is 4.79 Å². The molecule has 28 heavy (non-hydrogen) atoms. The predicted octanol–water partition coefficient (Wildman–Crippen LogP) is 3.91. The number of carbonyl (C=O) groups is 1. The molecule has 0 unspecified atom stereocenters. The maximum Gasteiger partial charge on any atom is 0.303 e. The van der Waals surface area contributed by atoms with Crippen molar-refractivity contribution in [2.75, 3.05) is 13.1 Å². The van der Waals surface area contributed by atoms with Crippen LogP contribution in [0, 0.1) is 5.92 Å². The van der Waals surface area contributed by atoms with Crippen molar-refractivity contribution in [1.82, 2.24) is 14.9 Å². The van der Waals surface area contributed by atoms with Crippen molar-refractivity contribution in [2.24, 2.45) is 13.0 Å². The van der Waals surface area contributed by atoms with Gasteiger partial charge in [0.15, 0.2) is 0 Å². The van der Waals surface area contributed by atoms with E-state index in [0.29, 0.717) is 18.3 Å². The number of benzene rings is 1. The second-order valence-electron chi connectivity index (χ2n) is 8.48. The molecule has 150 valence electrons. The van der Waals surface area contributed by atoms with Gasteiger partial charge in [-0.2, -0.15) is 0 Å². The number of fused-ring (bicyclic) bond motifs is 1. The number of nitrogens with zero attached hydrogens (tertiary/aromatic N) is 2. The Bertz CT molecular complexity index is 834. The third-order valence-corrected chi connectivity index (χ3v) is 6.53. The minimum Gasteiger partial charge on any atom is -0.481 e. The Labute approximate surface area is 167 Å². The van der Waals surface area contributed by atoms with Crippen molar-refractivity contribution < 1.29 is 9.90 Å². The number of nitrogens with one attached hydrogen (secondary N) is 1. The summed E-state index contributed by atoms with van der Waals surface area (Å²) in [7, 11) is 2.11. The van der Waals surface area contributed by atoms with Crippen molar-refractivity contribution in [1.29, 1.82) is 0 Å². The number of imidazole rings is 1. The van der Waals surface area contributed by atoms with Crippen LogP contribution in [-0.4, -0.2) is 33.7 Å². The first-order chi connectivity index (χ1) is 13.6. The Morgan fingerprint density at radius 1 is 1.18 bits per heavy atom. The quantitative estimate of drug-likeness (QED) is 0.824. The van der Waals surface area contributed by atoms with Crippen LogP contribution in [0.3, 0.4) is 0 Å². The molecule has 1 aromatic heterocycles. The first kappa shape index (κ1) is 19.2. The van der Waals surface area contributed by atoms with E-state index >= 15 is 0 Å². The summed E-state index contributed by atoms with van der Waals surface area (Å²) in [5, 5.41) is 12.4. The van der Waals surface area contributed by atoms with E-state index in [2.05, 4.69) is 41.3 Å². The van der Waals surface area contributed by atoms with Crippen molar-refractivity contribution >= 4 is 5.97 Å². The monoisotopic (exact) mass is 381 g/mol. The maximum absolute atomic E-state index is 10.8. The van der Waals surface area contributed by atoms with Crippen molar-refractivity contribution in [2.45, 2.75) is 57.3 Å². The third-order valence-electron chi connectivity index (χ3n) is 6.53. The number of aromatic nitrogens is 2. The summed E-state index contributed by atoms with van der Waals surface area (Å²) in [6.07, 6.45) is 9.94. The molecule has 1 aliphatic heterocycles. The zero-order chi connectivity index (χ0) is 19.5. The van der Waals surface area contributed by atoms with Crippen LogP contribution in [-0.2, 0) is 24.7 Å². The van der Waals surface area contributed by atoms with Crippen molar-refractivity contribution in [3.05, 3.63) is 41.3 Å². The van der Waals surface area contributed by atoms with E-state index in [1.807, 2.05) is 0 Å². The second-order valence-corrected chi connectivity index (χ2v) is 8.48. The number of carboxylic acids is 1. The SMILES string of the molecule is Cn1cc(-c2ccc3c(c2)CCNCC3)nc1[C@H]1CC[C@H](CCC(=O)O)CC1. The average Bonchev–Trinajstić information content (AvgIpc) is 2.93. The molecule has 5 heteroatoms. The standard InChI is InChI=1S/C23H31N3O2/c1-26-15-21(20-8-7-17-10-12-24-13-11-19(17)14-20)25-23(26)18-5-2-16(3-6-18)4-9-22(27)28/h7-8,14-16,18,24H,2-6,9-13H2,1H3,(H,27,28)/t16-,18-. The fourth-order valence-electron chi connectivity index (χ4n) is 4.87. The normalized spacial score (nSPS) is 22.5. The Morgan fingerprint density at radius 2 is 1.93 bits per heavy atom. The maximum atomic E-state index is 10.8. The van der Waals surface area contributed by atoms with Gasteiger partial charge in [-0.1, -0.05) is 12.1 Å². The van der Waals surface area contributed by atoms with Crippen LogP contribution in [0.25, 0.3) is 11.3 Å². The lowest BCUT2D eigenvalue weighted by Crippen LogP contribution is -2.16. The molecule has 2 N–H and O–H groups in total. The molecule has 1 fully saturated rings. The van der Waals surface area contributed by atoms with Gasteiger partial charge in [-0.15, -0.1) is 0 Å². The highest BCUT2D eigenvalue weighted by Crippen LogP contribution is 2.37. The highest BCUT2D eigenvalue weighted by Gasteiger charge is 2.26. The molecule has 1 aliphatic carbocycles. The molecule has 1 saturated carbocycles. The molecular weight excluding hydrogens is 350 g/mol. The van der Waals surface area contributed by atoms with Crippen LogP contribution >= 0.6 is 0 Å². The topological polar surface area (TPSA) is 67.2 Å². The Morgan fingerprint density at radius 3 is 2.68 bits per heavy atom. The zero-order valence-corrected chi connectivity index (χ0v) is 16.8. The highest BCUT2D eigenvalue weighted by atomic mass is 16.4. The summed E-state index contributed by atoms with van der Waals surface area (Å²) < 4.78 is 2.20. The lowest BCUT2D eigenvalue weighted by molar-refractivity contribution is -0.137. The van der Waals surface area contributed by atoms with E-state index in [1.54, 1.807) is 0 Å². The first-order valence-corrected chi connectivity index (χ1v) is 10.7. The molecular formula is C23H31N3O2. The molecule has 0 radical (unpaired) electrons. The molecule has 0 bridgehead atoms. The van der Waals surface area contributed by atoms with Gasteiger partial charge < -0.3 is 15.0 Å². The number of carboxylic acid groups (broad SMARTS) is 1. The smallest absolute Gasteiger partial charge is 0.303 e. The summed E-state index contributed by atoms with van der Waals surface area (Å²) in [6.45, 7) is 2.12. The van der Waals surface area contributed by atoms with E-state index < -0.39 is 5.97 Å². The number of hydrogen-bond donors (Lipinski definition) is 2. The molecule has 0 spiro atoms. The van der Waals surface area contributed by atoms with Gasteiger partial charge >= 0.3 is 5.97 Å². The van der Waals surface area contributed by atoms with Crippen LogP contribution in [0.1, 0.15) is 61.4 Å². The summed E-state index contributed by atoms with van der Waals surface area (Å²) in [5.41, 5.74) is 5.21. The molecule has 0 amide bonds. The van der Waals surface area contributed by atoms with Gasteiger partial charge in [0.25, 0.3) is 0 Å². The number of aliphatic carboxylic acids is 1. The fraction of sp³-hybridized carbons (Fsp3) is 0.565. The van der Waals surface area contributed by atoms with Gasteiger partial charge in [0, 0.05) is 31.1 Å². The predicted molar refractivity (Wildman–Crippen MR) is 110 cm³/mol. The van der Waals surface area contributed by atoms with Crippen LogP contribution in [0.4, 0.5) is 0 Å². The van der Waals surface area contributed by atoms with E-state index in [-0.39, 0.29) is 0 Å². The van der Waals surface area contributed by atoms with Crippen LogP contribution in [0.2, 0.25) is 0 Å². The lowest BCUT2D eigenvalue weighted by atomic mass is 9.79. The van der Waals surface area contributed by atoms with E-state index in [0.717, 1.165) is 63.7 Å². The number of hydrogen-bond acceptors (Lipinski definition) is 3. The summed E-state index contributed by atoms with van der Waals surface area (Å²) >= 11 is 0. The summed E-state index contributed by atoms with van der Waals surface area (Å²) in [4.78, 5) is 15.8. The molecule has 1 aromatic carbocycles. The molecule has 4 rings (SSSR count). The lowest BCUT2D eigenvalue weighted by Gasteiger charge is -2.27. The summed E-state index contributed by atoms with van der Waals surface area (Å²) in [5.74, 6) is 1.56.